The van der Waals surface area contributed by atoms with E-state index in [1.807, 2.05) is 29.8 Å². The number of ketones is 1. The van der Waals surface area contributed by atoms with Crippen LogP contribution in [-0.4, -0.2) is 41.9 Å². The highest BCUT2D eigenvalue weighted by Gasteiger charge is 2.38. The number of hydrogen-bond donors (Lipinski definition) is 1. The molecule has 0 radical (unpaired) electrons. The first-order chi connectivity index (χ1) is 16.2. The van der Waals surface area contributed by atoms with Crippen molar-refractivity contribution < 1.29 is 9.53 Å². The quantitative estimate of drug-likeness (QED) is 0.646. The summed E-state index contributed by atoms with van der Waals surface area (Å²) >= 11 is 0. The number of Topliss-reactive ketones (excluding diaryl/α,β-unsaturated/α-hetero) is 1. The van der Waals surface area contributed by atoms with Crippen molar-refractivity contribution in [2.24, 2.45) is 0 Å². The number of rotatable bonds is 3. The van der Waals surface area contributed by atoms with Gasteiger partial charge in [0.2, 0.25) is 0 Å². The zero-order valence-electron chi connectivity index (χ0n) is 18.9. The van der Waals surface area contributed by atoms with Crippen LogP contribution in [0.15, 0.2) is 65.9 Å². The van der Waals surface area contributed by atoms with E-state index >= 15 is 0 Å². The third-order valence-electron chi connectivity index (χ3n) is 7.01. The zero-order chi connectivity index (χ0) is 22.4. The lowest BCUT2D eigenvalue weighted by Gasteiger charge is -2.33. The number of fused-ring (bicyclic) bond motifs is 1. The standard InChI is InChI=1S/C27H28N4O2/c1-18-24-25(19-10-12-20(13-11-19)30-14-16-33-17-15-30)26-22(8-5-9-23(26)32)28-27(24)31(29-18)21-6-3-2-4-7-21/h2-4,6-7,10-13,25,28H,5,8-9,14-17H2,1H3/t25-/m0/s1. The Labute approximate surface area is 193 Å². The van der Waals surface area contributed by atoms with Crippen molar-refractivity contribution in [3.63, 3.8) is 0 Å². The van der Waals surface area contributed by atoms with E-state index in [1.165, 1.54) is 5.69 Å². The molecule has 0 amide bonds. The molecule has 1 aliphatic carbocycles. The van der Waals surface area contributed by atoms with Crippen LogP contribution in [0.4, 0.5) is 11.5 Å². The Morgan fingerprint density at radius 3 is 2.48 bits per heavy atom. The monoisotopic (exact) mass is 440 g/mol. The summed E-state index contributed by atoms with van der Waals surface area (Å²) in [6.07, 6.45) is 2.40. The van der Waals surface area contributed by atoms with E-state index in [-0.39, 0.29) is 11.7 Å². The molecule has 6 heteroatoms. The molecular weight excluding hydrogens is 412 g/mol. The molecule has 3 heterocycles. The number of anilines is 2. The molecule has 1 fully saturated rings. The zero-order valence-corrected chi connectivity index (χ0v) is 18.9. The fourth-order valence-electron chi connectivity index (χ4n) is 5.41. The third kappa shape index (κ3) is 3.45. The van der Waals surface area contributed by atoms with E-state index in [1.54, 1.807) is 0 Å². The van der Waals surface area contributed by atoms with Crippen molar-refractivity contribution >= 4 is 17.3 Å². The Morgan fingerprint density at radius 1 is 0.970 bits per heavy atom. The number of carbonyl (C=O) groups excluding carboxylic acids is 1. The van der Waals surface area contributed by atoms with E-state index in [0.29, 0.717) is 6.42 Å². The number of nitrogens with zero attached hydrogens (tertiary/aromatic N) is 3. The van der Waals surface area contributed by atoms with Crippen molar-refractivity contribution in [3.05, 3.63) is 82.7 Å². The van der Waals surface area contributed by atoms with Crippen LogP contribution < -0.4 is 10.2 Å². The molecule has 3 aliphatic rings. The van der Waals surface area contributed by atoms with E-state index in [0.717, 1.165) is 78.7 Å². The highest BCUT2D eigenvalue weighted by Crippen LogP contribution is 2.47. The normalized spacial score (nSPS) is 20.3. The van der Waals surface area contributed by atoms with Gasteiger partial charge < -0.3 is 15.0 Å². The second-order valence-electron chi connectivity index (χ2n) is 9.01. The van der Waals surface area contributed by atoms with Crippen molar-refractivity contribution in [2.75, 3.05) is 36.5 Å². The molecule has 6 nitrogen and oxygen atoms in total. The van der Waals surface area contributed by atoms with Crippen molar-refractivity contribution in [1.29, 1.82) is 0 Å². The van der Waals surface area contributed by atoms with Crippen LogP contribution in [-0.2, 0) is 9.53 Å². The molecular formula is C27H28N4O2. The van der Waals surface area contributed by atoms with Gasteiger partial charge in [-0.15, -0.1) is 0 Å². The fourth-order valence-corrected chi connectivity index (χ4v) is 5.41. The maximum Gasteiger partial charge on any atom is 0.161 e. The van der Waals surface area contributed by atoms with E-state index in [4.69, 9.17) is 9.84 Å². The molecule has 1 atom stereocenters. The summed E-state index contributed by atoms with van der Waals surface area (Å²) in [5.41, 5.74) is 7.40. The Bertz CT molecular complexity index is 1220. The van der Waals surface area contributed by atoms with Crippen LogP contribution in [0, 0.1) is 6.92 Å². The molecule has 6 rings (SSSR count). The number of para-hydroxylation sites is 1. The minimum Gasteiger partial charge on any atom is -0.378 e. The van der Waals surface area contributed by atoms with Gasteiger partial charge in [0, 0.05) is 47.9 Å². The molecule has 0 saturated carbocycles. The number of morpholine rings is 1. The first-order valence-electron chi connectivity index (χ1n) is 11.8. The van der Waals surface area contributed by atoms with Gasteiger partial charge in [-0.05, 0) is 49.6 Å². The molecule has 0 unspecified atom stereocenters. The van der Waals surface area contributed by atoms with Gasteiger partial charge in [0.15, 0.2) is 5.78 Å². The largest absolute Gasteiger partial charge is 0.378 e. The van der Waals surface area contributed by atoms with Crippen molar-refractivity contribution in [2.45, 2.75) is 32.1 Å². The fraction of sp³-hybridized carbons (Fsp3) is 0.333. The lowest BCUT2D eigenvalue weighted by Crippen LogP contribution is -2.36. The number of ether oxygens (including phenoxy) is 1. The maximum absolute atomic E-state index is 13.2. The first kappa shape index (κ1) is 20.2. The minimum atomic E-state index is -0.0970. The summed E-state index contributed by atoms with van der Waals surface area (Å²) in [7, 11) is 0. The third-order valence-corrected chi connectivity index (χ3v) is 7.01. The van der Waals surface area contributed by atoms with Crippen LogP contribution in [0.5, 0.6) is 0 Å². The highest BCUT2D eigenvalue weighted by molar-refractivity contribution is 6.01. The van der Waals surface area contributed by atoms with Crippen LogP contribution in [0.2, 0.25) is 0 Å². The number of hydrogen-bond acceptors (Lipinski definition) is 5. The number of nitrogens with one attached hydrogen (secondary N) is 1. The van der Waals surface area contributed by atoms with Gasteiger partial charge in [-0.1, -0.05) is 30.3 Å². The number of carbonyl (C=O) groups is 1. The number of allylic oxidation sites excluding steroid dienone is 2. The second-order valence-corrected chi connectivity index (χ2v) is 9.01. The van der Waals surface area contributed by atoms with E-state index < -0.39 is 0 Å². The summed E-state index contributed by atoms with van der Waals surface area (Å²) in [5.74, 6) is 1.14. The molecule has 2 aromatic carbocycles. The summed E-state index contributed by atoms with van der Waals surface area (Å²) in [4.78, 5) is 15.5. The Balaban J connectivity index is 1.47. The Morgan fingerprint density at radius 2 is 1.73 bits per heavy atom. The second kappa shape index (κ2) is 8.19. The number of benzene rings is 2. The van der Waals surface area contributed by atoms with Gasteiger partial charge in [0.05, 0.1) is 24.6 Å². The van der Waals surface area contributed by atoms with Gasteiger partial charge in [-0.25, -0.2) is 4.68 Å². The SMILES string of the molecule is Cc1nn(-c2ccccc2)c2c1[C@H](c1ccc(N3CCOCC3)cc1)C1=C(CCCC1=O)N2. The highest BCUT2D eigenvalue weighted by atomic mass is 16.5. The Kier molecular flexibility index (Phi) is 5.03. The topological polar surface area (TPSA) is 59.4 Å². The predicted octanol–water partition coefficient (Wildman–Crippen LogP) is 4.58. The van der Waals surface area contributed by atoms with Crippen LogP contribution in [0.1, 0.15) is 42.0 Å². The van der Waals surface area contributed by atoms with E-state index in [9.17, 15) is 4.79 Å². The lowest BCUT2D eigenvalue weighted by molar-refractivity contribution is -0.116. The van der Waals surface area contributed by atoms with Gasteiger partial charge >= 0.3 is 0 Å². The summed E-state index contributed by atoms with van der Waals surface area (Å²) < 4.78 is 7.49. The molecule has 1 aromatic heterocycles. The Hall–Kier alpha value is -3.38. The van der Waals surface area contributed by atoms with Gasteiger partial charge in [0.25, 0.3) is 0 Å². The van der Waals surface area contributed by atoms with Crippen LogP contribution in [0.3, 0.4) is 0 Å². The first-order valence-corrected chi connectivity index (χ1v) is 11.8. The summed E-state index contributed by atoms with van der Waals surface area (Å²) in [6.45, 7) is 5.40. The van der Waals surface area contributed by atoms with Crippen LogP contribution >= 0.6 is 0 Å². The lowest BCUT2D eigenvalue weighted by atomic mass is 9.76. The molecule has 33 heavy (non-hydrogen) atoms. The van der Waals surface area contributed by atoms with Gasteiger partial charge in [0.1, 0.15) is 5.82 Å². The summed E-state index contributed by atoms with van der Waals surface area (Å²) in [5, 5.41) is 8.52. The van der Waals surface area contributed by atoms with Crippen LogP contribution in [0.25, 0.3) is 5.69 Å². The van der Waals surface area contributed by atoms with Gasteiger partial charge in [-0.2, -0.15) is 5.10 Å². The molecule has 1 saturated heterocycles. The molecule has 2 aliphatic heterocycles. The predicted molar refractivity (Wildman–Crippen MR) is 129 cm³/mol. The molecule has 0 bridgehead atoms. The maximum atomic E-state index is 13.2. The average molecular weight is 441 g/mol. The molecule has 168 valence electrons. The number of aromatic nitrogens is 2. The van der Waals surface area contributed by atoms with Crippen molar-refractivity contribution in [1.82, 2.24) is 9.78 Å². The number of aryl methyl sites for hydroxylation is 1. The van der Waals surface area contributed by atoms with Gasteiger partial charge in [-0.3, -0.25) is 4.79 Å². The summed E-state index contributed by atoms with van der Waals surface area (Å²) in [6, 6.07) is 19.0. The average Bonchev–Trinajstić information content (AvgIpc) is 3.20. The molecule has 0 spiro atoms. The smallest absolute Gasteiger partial charge is 0.161 e. The molecule has 1 N–H and O–H groups in total. The minimum absolute atomic E-state index is 0.0970. The van der Waals surface area contributed by atoms with E-state index in [2.05, 4.69) is 46.6 Å². The molecule has 3 aromatic rings. The van der Waals surface area contributed by atoms with Crippen molar-refractivity contribution in [3.8, 4) is 5.69 Å².